The smallest absolute Gasteiger partial charge is 0.175 e. The van der Waals surface area contributed by atoms with Crippen molar-refractivity contribution >= 4 is 28.7 Å². The van der Waals surface area contributed by atoms with Crippen molar-refractivity contribution in [1.82, 2.24) is 9.78 Å². The van der Waals surface area contributed by atoms with E-state index in [1.807, 2.05) is 16.9 Å². The van der Waals surface area contributed by atoms with Crippen LogP contribution in [0.3, 0.4) is 0 Å². The Labute approximate surface area is 153 Å². The molecule has 0 radical (unpaired) electrons. The Morgan fingerprint density at radius 2 is 1.68 bits per heavy atom. The highest BCUT2D eigenvalue weighted by Gasteiger charge is 2.04. The van der Waals surface area contributed by atoms with Gasteiger partial charge in [-0.15, -0.1) is 0 Å². The van der Waals surface area contributed by atoms with Gasteiger partial charge in [0.2, 0.25) is 0 Å². The molecule has 0 atom stereocenters. The maximum Gasteiger partial charge on any atom is 0.175 e. The zero-order chi connectivity index (χ0) is 17.8. The lowest BCUT2D eigenvalue weighted by Gasteiger charge is -2.10. The number of rotatable bonds is 4. The van der Waals surface area contributed by atoms with Crippen molar-refractivity contribution in [2.45, 2.75) is 27.3 Å². The summed E-state index contributed by atoms with van der Waals surface area (Å²) in [7, 11) is 0. The van der Waals surface area contributed by atoms with E-state index in [2.05, 4.69) is 72.9 Å². The third-order valence-electron chi connectivity index (χ3n) is 4.12. The standard InChI is InChI=1S/C20H22N4S/c1-14-4-7-17(8-5-14)12-24-13-19(11-21-24)23-20(25)22-18-9-6-15(2)16(3)10-18/h4-11,13H,12H2,1-3H3,(H2,22,23,25). The molecule has 5 heteroatoms. The molecule has 2 N–H and O–H groups in total. The van der Waals surface area contributed by atoms with Gasteiger partial charge in [-0.1, -0.05) is 35.9 Å². The van der Waals surface area contributed by atoms with E-state index >= 15 is 0 Å². The molecule has 0 saturated heterocycles. The van der Waals surface area contributed by atoms with Gasteiger partial charge >= 0.3 is 0 Å². The van der Waals surface area contributed by atoms with Crippen LogP contribution in [-0.2, 0) is 6.54 Å². The first kappa shape index (κ1) is 17.2. The van der Waals surface area contributed by atoms with Crippen molar-refractivity contribution in [3.63, 3.8) is 0 Å². The second kappa shape index (κ2) is 7.49. The second-order valence-corrected chi connectivity index (χ2v) is 6.70. The molecule has 0 aliphatic rings. The summed E-state index contributed by atoms with van der Waals surface area (Å²) in [5.74, 6) is 0. The van der Waals surface area contributed by atoms with Crippen LogP contribution in [0.5, 0.6) is 0 Å². The first-order valence-electron chi connectivity index (χ1n) is 8.23. The van der Waals surface area contributed by atoms with Crippen LogP contribution >= 0.6 is 12.2 Å². The third-order valence-corrected chi connectivity index (χ3v) is 4.33. The Morgan fingerprint density at radius 1 is 0.960 bits per heavy atom. The van der Waals surface area contributed by atoms with Gasteiger partial charge in [-0.2, -0.15) is 5.10 Å². The molecule has 3 rings (SSSR count). The van der Waals surface area contributed by atoms with Crippen LogP contribution in [0.25, 0.3) is 0 Å². The predicted molar refractivity (Wildman–Crippen MR) is 108 cm³/mol. The van der Waals surface area contributed by atoms with Gasteiger partial charge in [-0.3, -0.25) is 4.68 Å². The van der Waals surface area contributed by atoms with E-state index in [4.69, 9.17) is 12.2 Å². The van der Waals surface area contributed by atoms with Crippen LogP contribution in [0, 0.1) is 20.8 Å². The molecule has 0 amide bonds. The summed E-state index contributed by atoms with van der Waals surface area (Å²) in [5.41, 5.74) is 6.83. The monoisotopic (exact) mass is 350 g/mol. The van der Waals surface area contributed by atoms with Crippen molar-refractivity contribution in [3.8, 4) is 0 Å². The van der Waals surface area contributed by atoms with Gasteiger partial charge in [0.15, 0.2) is 5.11 Å². The quantitative estimate of drug-likeness (QED) is 0.671. The minimum Gasteiger partial charge on any atom is -0.332 e. The molecular weight excluding hydrogens is 328 g/mol. The van der Waals surface area contributed by atoms with Gasteiger partial charge in [0.1, 0.15) is 0 Å². The summed E-state index contributed by atoms with van der Waals surface area (Å²) in [6.45, 7) is 7.01. The Bertz CT molecular complexity index is 881. The number of nitrogens with zero attached hydrogens (tertiary/aromatic N) is 2. The first-order chi connectivity index (χ1) is 12.0. The topological polar surface area (TPSA) is 41.9 Å². The van der Waals surface area contributed by atoms with E-state index in [1.54, 1.807) is 6.20 Å². The maximum absolute atomic E-state index is 5.39. The molecule has 0 bridgehead atoms. The van der Waals surface area contributed by atoms with E-state index in [1.165, 1.54) is 22.3 Å². The molecule has 0 aliphatic carbocycles. The largest absolute Gasteiger partial charge is 0.332 e. The van der Waals surface area contributed by atoms with E-state index < -0.39 is 0 Å². The van der Waals surface area contributed by atoms with E-state index in [0.29, 0.717) is 5.11 Å². The number of aryl methyl sites for hydroxylation is 3. The molecule has 0 aliphatic heterocycles. The number of hydrogen-bond acceptors (Lipinski definition) is 2. The highest BCUT2D eigenvalue weighted by molar-refractivity contribution is 7.80. The normalized spacial score (nSPS) is 10.5. The maximum atomic E-state index is 5.39. The van der Waals surface area contributed by atoms with Gasteiger partial charge in [0, 0.05) is 11.9 Å². The minimum atomic E-state index is 0.554. The molecular formula is C20H22N4S. The second-order valence-electron chi connectivity index (χ2n) is 6.29. The molecule has 128 valence electrons. The Morgan fingerprint density at radius 3 is 2.40 bits per heavy atom. The average molecular weight is 350 g/mol. The van der Waals surface area contributed by atoms with E-state index in [-0.39, 0.29) is 0 Å². The van der Waals surface area contributed by atoms with Crippen LogP contribution in [-0.4, -0.2) is 14.9 Å². The molecule has 3 aromatic rings. The lowest BCUT2D eigenvalue weighted by atomic mass is 10.1. The molecule has 4 nitrogen and oxygen atoms in total. The van der Waals surface area contributed by atoms with Crippen LogP contribution in [0.2, 0.25) is 0 Å². The SMILES string of the molecule is Cc1ccc(Cn2cc(NC(=S)Nc3ccc(C)c(C)c3)cn2)cc1. The predicted octanol–water partition coefficient (Wildman–Crippen LogP) is 4.67. The molecule has 25 heavy (non-hydrogen) atoms. The fraction of sp³-hybridized carbons (Fsp3) is 0.200. The summed E-state index contributed by atoms with van der Waals surface area (Å²) in [6.07, 6.45) is 3.73. The Kier molecular flexibility index (Phi) is 5.14. The summed E-state index contributed by atoms with van der Waals surface area (Å²) >= 11 is 5.39. The zero-order valence-corrected chi connectivity index (χ0v) is 15.5. The third kappa shape index (κ3) is 4.67. The molecule has 0 fully saturated rings. The number of hydrogen-bond donors (Lipinski definition) is 2. The molecule has 1 heterocycles. The molecule has 2 aromatic carbocycles. The summed E-state index contributed by atoms with van der Waals surface area (Å²) in [6, 6.07) is 14.7. The number of thiocarbonyl (C=S) groups is 1. The lowest BCUT2D eigenvalue weighted by molar-refractivity contribution is 0.687. The fourth-order valence-corrected chi connectivity index (χ4v) is 2.74. The van der Waals surface area contributed by atoms with E-state index in [0.717, 1.165) is 17.9 Å². The lowest BCUT2D eigenvalue weighted by Crippen LogP contribution is -2.18. The van der Waals surface area contributed by atoms with Crippen LogP contribution in [0.4, 0.5) is 11.4 Å². The average Bonchev–Trinajstić information content (AvgIpc) is 3.00. The van der Waals surface area contributed by atoms with Crippen LogP contribution in [0.15, 0.2) is 54.9 Å². The number of benzene rings is 2. The highest BCUT2D eigenvalue weighted by Crippen LogP contribution is 2.15. The van der Waals surface area contributed by atoms with Gasteiger partial charge < -0.3 is 10.6 Å². The molecule has 0 unspecified atom stereocenters. The van der Waals surface area contributed by atoms with Crippen LogP contribution < -0.4 is 10.6 Å². The first-order valence-corrected chi connectivity index (χ1v) is 8.64. The summed E-state index contributed by atoms with van der Waals surface area (Å²) in [4.78, 5) is 0. The molecule has 0 spiro atoms. The highest BCUT2D eigenvalue weighted by atomic mass is 32.1. The van der Waals surface area contributed by atoms with Crippen molar-refractivity contribution < 1.29 is 0 Å². The molecule has 0 saturated carbocycles. The fourth-order valence-electron chi connectivity index (χ4n) is 2.51. The number of aromatic nitrogens is 2. The van der Waals surface area contributed by atoms with E-state index in [9.17, 15) is 0 Å². The minimum absolute atomic E-state index is 0.554. The summed E-state index contributed by atoms with van der Waals surface area (Å²) < 4.78 is 1.89. The zero-order valence-electron chi connectivity index (χ0n) is 14.7. The van der Waals surface area contributed by atoms with Crippen molar-refractivity contribution in [3.05, 3.63) is 77.1 Å². The summed E-state index contributed by atoms with van der Waals surface area (Å²) in [5, 5.41) is 11.3. The Hall–Kier alpha value is -2.66. The Balaban J connectivity index is 1.59. The van der Waals surface area contributed by atoms with Gasteiger partial charge in [0.05, 0.1) is 18.4 Å². The van der Waals surface area contributed by atoms with Gasteiger partial charge in [-0.05, 0) is 61.8 Å². The van der Waals surface area contributed by atoms with Gasteiger partial charge in [0.25, 0.3) is 0 Å². The number of nitrogens with one attached hydrogen (secondary N) is 2. The number of anilines is 2. The van der Waals surface area contributed by atoms with Crippen LogP contribution in [0.1, 0.15) is 22.3 Å². The van der Waals surface area contributed by atoms with Gasteiger partial charge in [-0.25, -0.2) is 0 Å². The van der Waals surface area contributed by atoms with Crippen molar-refractivity contribution in [1.29, 1.82) is 0 Å². The van der Waals surface area contributed by atoms with Crippen molar-refractivity contribution in [2.75, 3.05) is 10.6 Å². The molecule has 1 aromatic heterocycles. The van der Waals surface area contributed by atoms with Crippen molar-refractivity contribution in [2.24, 2.45) is 0 Å².